The first kappa shape index (κ1) is 15.1. The Labute approximate surface area is 117 Å². The highest BCUT2D eigenvalue weighted by Gasteiger charge is 2.05. The smallest absolute Gasteiger partial charge is 0.161 e. The second-order valence-electron chi connectivity index (χ2n) is 3.80. The Balaban J connectivity index is 2.92. The van der Waals surface area contributed by atoms with Gasteiger partial charge in [-0.15, -0.1) is 0 Å². The zero-order valence-corrected chi connectivity index (χ0v) is 11.1. The first-order valence-electron chi connectivity index (χ1n) is 5.94. The van der Waals surface area contributed by atoms with Gasteiger partial charge in [0.25, 0.3) is 0 Å². The van der Waals surface area contributed by atoms with Gasteiger partial charge in [0.2, 0.25) is 0 Å². The van der Waals surface area contributed by atoms with E-state index in [1.807, 2.05) is 6.07 Å². The van der Waals surface area contributed by atoms with E-state index in [9.17, 15) is 0 Å². The highest BCUT2D eigenvalue weighted by Crippen LogP contribution is 2.29. The van der Waals surface area contributed by atoms with Crippen LogP contribution in [0.1, 0.15) is 18.4 Å². The minimum absolute atomic E-state index is 0.0191. The summed E-state index contributed by atoms with van der Waals surface area (Å²) in [6.45, 7) is 0.403. The number of allylic oxidation sites excluding steroid dienone is 1. The molecule has 0 aliphatic rings. The number of nitriles is 3. The molecule has 0 saturated heterocycles. The predicted octanol–water partition coefficient (Wildman–Crippen LogP) is 2.81. The van der Waals surface area contributed by atoms with E-state index >= 15 is 0 Å². The molecule has 0 N–H and O–H groups in total. The Hall–Kier alpha value is -2.97. The lowest BCUT2D eigenvalue weighted by molar-refractivity contribution is 0.290. The van der Waals surface area contributed by atoms with Crippen LogP contribution in [0.4, 0.5) is 0 Å². The van der Waals surface area contributed by atoms with Crippen molar-refractivity contribution in [3.63, 3.8) is 0 Å². The molecule has 0 spiro atoms. The van der Waals surface area contributed by atoms with Gasteiger partial charge in [-0.2, -0.15) is 15.8 Å². The summed E-state index contributed by atoms with van der Waals surface area (Å²) in [6, 6.07) is 10.8. The Morgan fingerprint density at radius 2 is 1.95 bits per heavy atom. The summed E-state index contributed by atoms with van der Waals surface area (Å²) < 4.78 is 10.7. The lowest BCUT2D eigenvalue weighted by atomic mass is 10.1. The van der Waals surface area contributed by atoms with Crippen LogP contribution in [-0.2, 0) is 0 Å². The SMILES string of the molecule is COc1ccc(C=C(C#N)C#N)cc1OCCCC#N. The standard InChI is InChI=1S/C15H13N3O2/c1-19-14-5-4-12(8-13(10-17)11-18)9-15(14)20-7-3-2-6-16/h4-5,8-9H,2-3,7H2,1H3. The van der Waals surface area contributed by atoms with Crippen molar-refractivity contribution < 1.29 is 9.47 Å². The maximum Gasteiger partial charge on any atom is 0.161 e. The maximum absolute atomic E-state index is 8.73. The maximum atomic E-state index is 8.73. The van der Waals surface area contributed by atoms with E-state index in [-0.39, 0.29) is 5.57 Å². The highest BCUT2D eigenvalue weighted by molar-refractivity contribution is 5.64. The van der Waals surface area contributed by atoms with Crippen LogP contribution in [0.5, 0.6) is 11.5 Å². The van der Waals surface area contributed by atoms with Crippen LogP contribution in [0.3, 0.4) is 0 Å². The number of ether oxygens (including phenoxy) is 2. The van der Waals surface area contributed by atoms with Gasteiger partial charge < -0.3 is 9.47 Å². The number of methoxy groups -OCH3 is 1. The van der Waals surface area contributed by atoms with E-state index in [2.05, 4.69) is 0 Å². The molecule has 5 heteroatoms. The average Bonchev–Trinajstić information content (AvgIpc) is 2.49. The molecule has 0 unspecified atom stereocenters. The Bertz CT molecular complexity index is 599. The van der Waals surface area contributed by atoms with Gasteiger partial charge >= 0.3 is 0 Å². The molecule has 0 aliphatic heterocycles. The first-order valence-corrected chi connectivity index (χ1v) is 5.94. The Kier molecular flexibility index (Phi) is 6.18. The lowest BCUT2D eigenvalue weighted by Gasteiger charge is -2.10. The summed E-state index contributed by atoms with van der Waals surface area (Å²) in [6.07, 6.45) is 2.53. The number of rotatable bonds is 6. The van der Waals surface area contributed by atoms with Gasteiger partial charge in [0.1, 0.15) is 17.7 Å². The molecule has 0 atom stereocenters. The molecule has 20 heavy (non-hydrogen) atoms. The molecule has 1 aromatic rings. The molecule has 1 aromatic carbocycles. The van der Waals surface area contributed by atoms with Gasteiger partial charge in [-0.1, -0.05) is 6.07 Å². The van der Waals surface area contributed by atoms with Gasteiger partial charge in [-0.3, -0.25) is 0 Å². The molecule has 0 radical (unpaired) electrons. The topological polar surface area (TPSA) is 89.8 Å². The Morgan fingerprint density at radius 3 is 2.55 bits per heavy atom. The van der Waals surface area contributed by atoms with Crippen LogP contribution < -0.4 is 9.47 Å². The summed E-state index contributed by atoms with van der Waals surface area (Å²) >= 11 is 0. The third-order valence-electron chi connectivity index (χ3n) is 2.43. The van der Waals surface area contributed by atoms with E-state index in [0.717, 1.165) is 0 Å². The minimum atomic E-state index is 0.0191. The average molecular weight is 267 g/mol. The van der Waals surface area contributed by atoms with E-state index < -0.39 is 0 Å². The second-order valence-corrected chi connectivity index (χ2v) is 3.80. The minimum Gasteiger partial charge on any atom is -0.493 e. The fourth-order valence-electron chi connectivity index (χ4n) is 1.49. The molecule has 0 bridgehead atoms. The molecule has 5 nitrogen and oxygen atoms in total. The van der Waals surface area contributed by atoms with E-state index in [4.69, 9.17) is 25.3 Å². The van der Waals surface area contributed by atoms with Gasteiger partial charge in [-0.05, 0) is 30.2 Å². The molecule has 100 valence electrons. The summed E-state index contributed by atoms with van der Waals surface area (Å²) in [7, 11) is 1.53. The van der Waals surface area contributed by atoms with Gasteiger partial charge in [0, 0.05) is 6.42 Å². The summed E-state index contributed by atoms with van der Waals surface area (Å²) in [4.78, 5) is 0. The van der Waals surface area contributed by atoms with Gasteiger partial charge in [0.05, 0.1) is 19.8 Å². The van der Waals surface area contributed by atoms with Crippen molar-refractivity contribution in [1.82, 2.24) is 0 Å². The Morgan fingerprint density at radius 1 is 1.20 bits per heavy atom. The van der Waals surface area contributed by atoms with Gasteiger partial charge in [0.15, 0.2) is 11.5 Å². The zero-order valence-electron chi connectivity index (χ0n) is 11.1. The van der Waals surface area contributed by atoms with Crippen LogP contribution in [-0.4, -0.2) is 13.7 Å². The zero-order chi connectivity index (χ0) is 14.8. The van der Waals surface area contributed by atoms with Crippen molar-refractivity contribution >= 4 is 6.08 Å². The van der Waals surface area contributed by atoms with E-state index in [1.165, 1.54) is 13.2 Å². The number of benzene rings is 1. The van der Waals surface area contributed by atoms with Crippen molar-refractivity contribution in [1.29, 1.82) is 15.8 Å². The third-order valence-corrected chi connectivity index (χ3v) is 2.43. The molecule has 0 heterocycles. The normalized spacial score (nSPS) is 8.70. The summed E-state index contributed by atoms with van der Waals surface area (Å²) in [5.41, 5.74) is 0.699. The quantitative estimate of drug-likeness (QED) is 0.584. The van der Waals surface area contributed by atoms with Crippen LogP contribution in [0.25, 0.3) is 6.08 Å². The highest BCUT2D eigenvalue weighted by atomic mass is 16.5. The largest absolute Gasteiger partial charge is 0.493 e. The first-order chi connectivity index (χ1) is 9.74. The lowest BCUT2D eigenvalue weighted by Crippen LogP contribution is -1.99. The summed E-state index contributed by atoms with van der Waals surface area (Å²) in [5, 5.41) is 25.9. The number of hydrogen-bond donors (Lipinski definition) is 0. The van der Waals surface area contributed by atoms with E-state index in [1.54, 1.807) is 30.3 Å². The van der Waals surface area contributed by atoms with Crippen molar-refractivity contribution in [3.8, 4) is 29.7 Å². The molecule has 0 aliphatic carbocycles. The molecule has 0 aromatic heterocycles. The van der Waals surface area contributed by atoms with Crippen molar-refractivity contribution in [2.45, 2.75) is 12.8 Å². The second kappa shape index (κ2) is 8.19. The fraction of sp³-hybridized carbons (Fsp3) is 0.267. The molecular formula is C15H13N3O2. The number of nitrogens with zero attached hydrogens (tertiary/aromatic N) is 3. The van der Waals surface area contributed by atoms with Crippen LogP contribution in [0.15, 0.2) is 23.8 Å². The van der Waals surface area contributed by atoms with Crippen LogP contribution in [0, 0.1) is 34.0 Å². The third kappa shape index (κ3) is 4.37. The molecule has 0 fully saturated rings. The van der Waals surface area contributed by atoms with Crippen LogP contribution >= 0.6 is 0 Å². The van der Waals surface area contributed by atoms with Crippen molar-refractivity contribution in [2.24, 2.45) is 0 Å². The summed E-state index contributed by atoms with van der Waals surface area (Å²) in [5.74, 6) is 1.09. The van der Waals surface area contributed by atoms with E-state index in [0.29, 0.717) is 36.5 Å². The van der Waals surface area contributed by atoms with Crippen LogP contribution in [0.2, 0.25) is 0 Å². The van der Waals surface area contributed by atoms with Gasteiger partial charge in [-0.25, -0.2) is 0 Å². The van der Waals surface area contributed by atoms with Crippen molar-refractivity contribution in [3.05, 3.63) is 29.3 Å². The molecular weight excluding hydrogens is 254 g/mol. The fourth-order valence-corrected chi connectivity index (χ4v) is 1.49. The van der Waals surface area contributed by atoms with Crippen molar-refractivity contribution in [2.75, 3.05) is 13.7 Å². The monoisotopic (exact) mass is 267 g/mol. The molecule has 0 saturated carbocycles. The molecule has 0 amide bonds. The number of unbranched alkanes of at least 4 members (excludes halogenated alkanes) is 1. The number of hydrogen-bond acceptors (Lipinski definition) is 5. The predicted molar refractivity (Wildman–Crippen MR) is 72.5 cm³/mol. The molecule has 1 rings (SSSR count).